The smallest absolute Gasteiger partial charge is 0.330 e. The minimum Gasteiger partial charge on any atom is -0.383 e. The molecule has 0 bridgehead atoms. The van der Waals surface area contributed by atoms with Gasteiger partial charge in [-0.25, -0.2) is 4.79 Å². The average molecular weight is 472 g/mol. The molecule has 0 spiro atoms. The van der Waals surface area contributed by atoms with Crippen molar-refractivity contribution in [3.63, 3.8) is 0 Å². The molecule has 0 saturated heterocycles. The number of H-pyrrole nitrogens is 1. The number of nitrogens with two attached hydrogens (primary N) is 1. The average Bonchev–Trinajstić information content (AvgIpc) is 3.15. The maximum atomic E-state index is 13.2. The zero-order valence-corrected chi connectivity index (χ0v) is 20.1. The molecule has 0 radical (unpaired) electrons. The van der Waals surface area contributed by atoms with E-state index in [9.17, 15) is 14.4 Å². The van der Waals surface area contributed by atoms with E-state index in [1.165, 1.54) is 21.2 Å². The molecule has 3 aromatic rings. The van der Waals surface area contributed by atoms with Gasteiger partial charge in [0.15, 0.2) is 10.8 Å². The summed E-state index contributed by atoms with van der Waals surface area (Å²) in [6, 6.07) is 9.28. The lowest BCUT2D eigenvalue weighted by molar-refractivity contribution is -0.116. The van der Waals surface area contributed by atoms with Gasteiger partial charge in [-0.3, -0.25) is 19.1 Å². The summed E-state index contributed by atoms with van der Waals surface area (Å²) in [5.74, 6) is 0.719. The predicted molar refractivity (Wildman–Crippen MR) is 130 cm³/mol. The first-order chi connectivity index (χ1) is 15.7. The highest BCUT2D eigenvalue weighted by atomic mass is 32.2. The Morgan fingerprint density at radius 1 is 1.21 bits per heavy atom. The Morgan fingerprint density at radius 2 is 1.91 bits per heavy atom. The Kier molecular flexibility index (Phi) is 7.75. The number of hydrogen-bond acceptors (Lipinski definition) is 7. The highest BCUT2D eigenvalue weighted by Gasteiger charge is 2.24. The molecule has 33 heavy (non-hydrogen) atoms. The van der Waals surface area contributed by atoms with E-state index < -0.39 is 11.2 Å². The van der Waals surface area contributed by atoms with Gasteiger partial charge in [0.1, 0.15) is 11.6 Å². The van der Waals surface area contributed by atoms with Crippen LogP contribution in [-0.2, 0) is 18.4 Å². The van der Waals surface area contributed by atoms with Crippen LogP contribution in [0, 0.1) is 0 Å². The molecule has 0 saturated carbocycles. The lowest BCUT2D eigenvalue weighted by Gasteiger charge is -2.24. The van der Waals surface area contributed by atoms with E-state index in [0.29, 0.717) is 11.6 Å². The monoisotopic (exact) mass is 471 g/mol. The maximum absolute atomic E-state index is 13.2. The fraction of sp³-hybridized carbons (Fsp3) is 0.409. The molecule has 2 aromatic heterocycles. The summed E-state index contributed by atoms with van der Waals surface area (Å²) in [4.78, 5) is 42.0. The van der Waals surface area contributed by atoms with Crippen molar-refractivity contribution >= 4 is 29.2 Å². The van der Waals surface area contributed by atoms with E-state index in [4.69, 9.17) is 5.73 Å². The second-order valence-electron chi connectivity index (χ2n) is 7.95. The number of thioether (sulfide) groups is 1. The molecule has 11 heteroatoms. The van der Waals surface area contributed by atoms with Crippen LogP contribution in [0.3, 0.4) is 0 Å². The zero-order chi connectivity index (χ0) is 24.1. The van der Waals surface area contributed by atoms with Crippen LogP contribution >= 0.6 is 11.8 Å². The van der Waals surface area contributed by atoms with Crippen molar-refractivity contribution in [3.8, 4) is 0 Å². The van der Waals surface area contributed by atoms with E-state index in [1.54, 1.807) is 0 Å². The third kappa shape index (κ3) is 5.36. The molecule has 0 fully saturated rings. The molecule has 0 aliphatic rings. The molecular formula is C22H29N7O3S. The van der Waals surface area contributed by atoms with Crippen molar-refractivity contribution in [2.24, 2.45) is 7.05 Å². The van der Waals surface area contributed by atoms with E-state index in [1.807, 2.05) is 62.7 Å². The standard InChI is InChI=1S/C22H29N7O3S/c1-5-11-28(16(30)13-33-22-26-25-19(14(2)3)27(22)4)17-18(23)29(21(32)24-20(17)31)12-15-9-7-6-8-10-15/h6-10,14H,5,11-13,23H2,1-4H3,(H,24,31,32). The molecular weight excluding hydrogens is 442 g/mol. The first-order valence-electron chi connectivity index (χ1n) is 10.7. The lowest BCUT2D eigenvalue weighted by atomic mass is 10.2. The topological polar surface area (TPSA) is 132 Å². The van der Waals surface area contributed by atoms with Crippen molar-refractivity contribution in [2.45, 2.75) is 44.8 Å². The van der Waals surface area contributed by atoms with Crippen LogP contribution in [0.2, 0.25) is 0 Å². The summed E-state index contributed by atoms with van der Waals surface area (Å²) in [5.41, 5.74) is 5.81. The highest BCUT2D eigenvalue weighted by Crippen LogP contribution is 2.23. The minimum absolute atomic E-state index is 0.0150. The molecule has 3 rings (SSSR count). The van der Waals surface area contributed by atoms with Gasteiger partial charge < -0.3 is 15.2 Å². The van der Waals surface area contributed by atoms with E-state index in [0.717, 1.165) is 11.4 Å². The van der Waals surface area contributed by atoms with Crippen LogP contribution in [0.25, 0.3) is 0 Å². The van der Waals surface area contributed by atoms with E-state index >= 15 is 0 Å². The van der Waals surface area contributed by atoms with Crippen LogP contribution in [0.5, 0.6) is 0 Å². The Balaban J connectivity index is 1.90. The number of amides is 1. The Labute approximate surface area is 195 Å². The Bertz CT molecular complexity index is 1230. The highest BCUT2D eigenvalue weighted by molar-refractivity contribution is 7.99. The van der Waals surface area contributed by atoms with Gasteiger partial charge in [0, 0.05) is 19.5 Å². The van der Waals surface area contributed by atoms with E-state index in [-0.39, 0.29) is 42.2 Å². The number of carbonyl (C=O) groups is 1. The predicted octanol–water partition coefficient (Wildman–Crippen LogP) is 1.95. The van der Waals surface area contributed by atoms with Gasteiger partial charge in [0.2, 0.25) is 5.91 Å². The number of nitrogen functional groups attached to an aromatic ring is 1. The number of hydrogen-bond donors (Lipinski definition) is 2. The summed E-state index contributed by atoms with van der Waals surface area (Å²) in [7, 11) is 1.86. The molecule has 10 nitrogen and oxygen atoms in total. The van der Waals surface area contributed by atoms with Gasteiger partial charge in [-0.2, -0.15) is 0 Å². The second kappa shape index (κ2) is 10.5. The van der Waals surface area contributed by atoms with E-state index in [2.05, 4.69) is 15.2 Å². The Hall–Kier alpha value is -3.34. The number of anilines is 2. The molecule has 176 valence electrons. The molecule has 0 aliphatic heterocycles. The third-order valence-corrected chi connectivity index (χ3v) is 6.13. The second-order valence-corrected chi connectivity index (χ2v) is 8.90. The fourth-order valence-electron chi connectivity index (χ4n) is 3.50. The molecule has 0 aliphatic carbocycles. The first-order valence-corrected chi connectivity index (χ1v) is 11.7. The SMILES string of the molecule is CCCN(C(=O)CSc1nnc(C(C)C)n1C)c1c(N)n(Cc2ccccc2)c(=O)[nH]c1=O. The summed E-state index contributed by atoms with van der Waals surface area (Å²) < 4.78 is 3.13. The molecule has 0 atom stereocenters. The number of nitrogens with one attached hydrogen (secondary N) is 1. The van der Waals surface area contributed by atoms with Crippen LogP contribution in [0.4, 0.5) is 11.5 Å². The number of rotatable bonds is 9. The summed E-state index contributed by atoms with van der Waals surface area (Å²) >= 11 is 1.24. The fourth-order valence-corrected chi connectivity index (χ4v) is 4.30. The lowest BCUT2D eigenvalue weighted by Crippen LogP contribution is -2.42. The van der Waals surface area contributed by atoms with Crippen molar-refractivity contribution in [3.05, 3.63) is 62.6 Å². The third-order valence-electron chi connectivity index (χ3n) is 5.13. The normalized spacial score (nSPS) is 11.2. The molecule has 2 heterocycles. The first kappa shape index (κ1) is 24.3. The van der Waals surface area contributed by atoms with Crippen LogP contribution in [0.1, 0.15) is 44.5 Å². The summed E-state index contributed by atoms with van der Waals surface area (Å²) in [5, 5.41) is 8.95. The maximum Gasteiger partial charge on any atom is 0.330 e. The minimum atomic E-state index is -0.686. The van der Waals surface area contributed by atoms with Gasteiger partial charge in [-0.1, -0.05) is 62.9 Å². The Morgan fingerprint density at radius 3 is 2.52 bits per heavy atom. The zero-order valence-electron chi connectivity index (χ0n) is 19.2. The molecule has 1 aromatic carbocycles. The number of nitrogens with zero attached hydrogens (tertiary/aromatic N) is 5. The van der Waals surface area contributed by atoms with Crippen LogP contribution in [-0.4, -0.2) is 42.5 Å². The van der Waals surface area contributed by atoms with Crippen molar-refractivity contribution < 1.29 is 4.79 Å². The van der Waals surface area contributed by atoms with Gasteiger partial charge in [-0.15, -0.1) is 10.2 Å². The summed E-state index contributed by atoms with van der Waals surface area (Å²) in [6.45, 7) is 6.40. The largest absolute Gasteiger partial charge is 0.383 e. The number of carbonyl (C=O) groups excluding carboxylic acids is 1. The number of aromatic amines is 1. The van der Waals surface area contributed by atoms with Gasteiger partial charge in [0.25, 0.3) is 5.56 Å². The molecule has 3 N–H and O–H groups in total. The molecule has 1 amide bonds. The van der Waals surface area contributed by atoms with Crippen molar-refractivity contribution in [1.29, 1.82) is 0 Å². The molecule has 0 unspecified atom stereocenters. The number of benzene rings is 1. The van der Waals surface area contributed by atoms with Crippen LogP contribution < -0.4 is 21.9 Å². The number of aromatic nitrogens is 5. The van der Waals surface area contributed by atoms with Gasteiger partial charge in [-0.05, 0) is 12.0 Å². The quantitative estimate of drug-likeness (QED) is 0.456. The van der Waals surface area contributed by atoms with Gasteiger partial charge in [0.05, 0.1) is 12.3 Å². The van der Waals surface area contributed by atoms with Crippen molar-refractivity contribution in [1.82, 2.24) is 24.3 Å². The van der Waals surface area contributed by atoms with Gasteiger partial charge >= 0.3 is 5.69 Å². The van der Waals surface area contributed by atoms with Crippen LogP contribution in [0.15, 0.2) is 45.1 Å². The van der Waals surface area contributed by atoms with Crippen molar-refractivity contribution in [2.75, 3.05) is 22.9 Å². The summed E-state index contributed by atoms with van der Waals surface area (Å²) in [6.07, 6.45) is 0.606.